The first-order valence-electron chi connectivity index (χ1n) is 4.56. The van der Waals surface area contributed by atoms with Crippen molar-refractivity contribution in [2.75, 3.05) is 0 Å². The number of carbonyl (C=O) groups is 2. The number of hydrogen-bond donors (Lipinski definition) is 0. The van der Waals surface area contributed by atoms with Crippen LogP contribution >= 0.6 is 0 Å². The zero-order chi connectivity index (χ0) is 13.1. The summed E-state index contributed by atoms with van der Waals surface area (Å²) in [6.45, 7) is 10.0. The third-order valence-electron chi connectivity index (χ3n) is 1.37. The first-order chi connectivity index (χ1) is 7.63. The van der Waals surface area contributed by atoms with Crippen LogP contribution in [0.1, 0.15) is 34.6 Å². The molecule has 0 unspecified atom stereocenters. The van der Waals surface area contributed by atoms with Crippen LogP contribution in [0, 0.1) is 13.8 Å². The second-order valence-corrected chi connectivity index (χ2v) is 2.12. The van der Waals surface area contributed by atoms with Crippen molar-refractivity contribution >= 4 is 11.9 Å². The molecule has 0 atom stereocenters. The van der Waals surface area contributed by atoms with Gasteiger partial charge in [0.25, 0.3) is 0 Å². The Morgan fingerprint density at radius 3 is 1.29 bits per heavy atom. The molecule has 0 aliphatic heterocycles. The molecule has 5 heteroatoms. The third-order valence-corrected chi connectivity index (χ3v) is 1.37. The van der Waals surface area contributed by atoms with Gasteiger partial charge in [-0.3, -0.25) is 0 Å². The van der Waals surface area contributed by atoms with Crippen LogP contribution in [-0.2, 0) is 19.5 Å². The number of carboxylic acids is 2. The molecule has 0 amide bonds. The molecular formula is C12H14O4Ru. The predicted molar refractivity (Wildman–Crippen MR) is 57.2 cm³/mol. The molecule has 0 saturated heterocycles. The topological polar surface area (TPSA) is 80.3 Å². The Kier molecular flexibility index (Phi) is 16.0. The molecule has 17 heavy (non-hydrogen) atoms. The van der Waals surface area contributed by atoms with Crippen molar-refractivity contribution in [3.8, 4) is 0 Å². The minimum absolute atomic E-state index is 0. The molecule has 0 aromatic heterocycles. The average molecular weight is 323 g/mol. The average Bonchev–Trinajstić information content (AvgIpc) is 2.34. The summed E-state index contributed by atoms with van der Waals surface area (Å²) < 4.78 is 0. The molecule has 0 heterocycles. The van der Waals surface area contributed by atoms with E-state index in [2.05, 4.69) is 13.8 Å². The normalized spacial score (nSPS) is 7.29. The minimum atomic E-state index is -1.52. The van der Waals surface area contributed by atoms with Gasteiger partial charge in [0, 0.05) is 11.1 Å². The van der Waals surface area contributed by atoms with Gasteiger partial charge in [-0.05, 0) is 0 Å². The Morgan fingerprint density at radius 2 is 1.12 bits per heavy atom. The number of carbonyl (C=O) groups excluding carboxylic acids is 2. The van der Waals surface area contributed by atoms with E-state index in [-0.39, 0.29) is 30.6 Å². The number of aromatic carboxylic acids is 2. The van der Waals surface area contributed by atoms with E-state index in [0.717, 1.165) is 12.1 Å². The van der Waals surface area contributed by atoms with Crippen LogP contribution in [0.3, 0.4) is 0 Å². The van der Waals surface area contributed by atoms with Gasteiger partial charge < -0.3 is 33.6 Å². The molecule has 0 aliphatic rings. The van der Waals surface area contributed by atoms with E-state index in [1.54, 1.807) is 13.8 Å². The largest absolute Gasteiger partial charge is 4.00 e. The van der Waals surface area contributed by atoms with Crippen molar-refractivity contribution in [1.82, 2.24) is 0 Å². The zero-order valence-electron chi connectivity index (χ0n) is 9.71. The summed E-state index contributed by atoms with van der Waals surface area (Å²) in [5.74, 6) is -3.04. The molecule has 1 rings (SSSR count). The van der Waals surface area contributed by atoms with E-state index in [4.69, 9.17) is 0 Å². The molecule has 0 saturated carbocycles. The fraction of sp³-hybridized carbons (Fsp3) is 0.167. The van der Waals surface area contributed by atoms with Crippen LogP contribution in [0.25, 0.3) is 0 Å². The molecule has 1 aromatic rings. The number of carboxylic acid groups (broad SMARTS) is 2. The Hall–Kier alpha value is -1.22. The molecule has 0 bridgehead atoms. The summed E-state index contributed by atoms with van der Waals surface area (Å²) in [6.07, 6.45) is 0. The van der Waals surface area contributed by atoms with Crippen molar-refractivity contribution in [3.63, 3.8) is 0 Å². The quantitative estimate of drug-likeness (QED) is 0.571. The molecular weight excluding hydrogens is 309 g/mol. The standard InChI is InChI=1S/C8H6O4.2C2H5.Ru/c9-7(10)5-3-1-2-4-6(5)8(11)12;2*1-2;/h1-4H,(H,9,10)(H,11,12);2*1H2,2H3;/q;2*-1;+4/p-2. The van der Waals surface area contributed by atoms with Gasteiger partial charge in [0.1, 0.15) is 0 Å². The van der Waals surface area contributed by atoms with Crippen molar-refractivity contribution in [1.29, 1.82) is 0 Å². The van der Waals surface area contributed by atoms with Crippen LogP contribution in [0.4, 0.5) is 0 Å². The van der Waals surface area contributed by atoms with Crippen molar-refractivity contribution in [2.45, 2.75) is 13.8 Å². The van der Waals surface area contributed by atoms with Gasteiger partial charge in [0.05, 0.1) is 11.9 Å². The van der Waals surface area contributed by atoms with Gasteiger partial charge in [-0.2, -0.15) is 13.8 Å². The van der Waals surface area contributed by atoms with Crippen LogP contribution in [-0.4, -0.2) is 11.9 Å². The maximum atomic E-state index is 10.3. The van der Waals surface area contributed by atoms with E-state index >= 15 is 0 Å². The summed E-state index contributed by atoms with van der Waals surface area (Å²) in [4.78, 5) is 20.6. The molecule has 1 aromatic carbocycles. The second kappa shape index (κ2) is 12.9. The first kappa shape index (κ1) is 21.1. The number of hydrogen-bond acceptors (Lipinski definition) is 4. The zero-order valence-corrected chi connectivity index (χ0v) is 11.4. The molecule has 4 nitrogen and oxygen atoms in total. The summed E-state index contributed by atoms with van der Waals surface area (Å²) >= 11 is 0. The predicted octanol–water partition coefficient (Wildman–Crippen LogP) is 0.0919. The Bertz CT molecular complexity index is 304. The summed E-state index contributed by atoms with van der Waals surface area (Å²) in [5, 5.41) is 20.6. The van der Waals surface area contributed by atoms with Crippen LogP contribution in [0.15, 0.2) is 24.3 Å². The summed E-state index contributed by atoms with van der Waals surface area (Å²) in [6, 6.07) is 5.14. The third kappa shape index (κ3) is 7.64. The SMILES string of the molecule is O=C([O-])c1ccccc1C(=O)[O-].[CH2-]C.[CH2-]C.[Ru+4]. The monoisotopic (exact) mass is 324 g/mol. The minimum Gasteiger partial charge on any atom is -0.545 e. The second-order valence-electron chi connectivity index (χ2n) is 2.12. The van der Waals surface area contributed by atoms with Gasteiger partial charge in [-0.1, -0.05) is 24.3 Å². The molecule has 0 aliphatic carbocycles. The molecule has 0 N–H and O–H groups in total. The van der Waals surface area contributed by atoms with Crippen molar-refractivity contribution in [3.05, 3.63) is 49.2 Å². The van der Waals surface area contributed by atoms with Gasteiger partial charge >= 0.3 is 19.5 Å². The van der Waals surface area contributed by atoms with E-state index in [9.17, 15) is 19.8 Å². The molecule has 94 valence electrons. The summed E-state index contributed by atoms with van der Waals surface area (Å²) in [5.41, 5.74) is -0.727. The number of rotatable bonds is 2. The maximum Gasteiger partial charge on any atom is 4.00 e. The Morgan fingerprint density at radius 1 is 0.882 bits per heavy atom. The number of benzene rings is 1. The van der Waals surface area contributed by atoms with Gasteiger partial charge in [-0.25, -0.2) is 0 Å². The van der Waals surface area contributed by atoms with E-state index < -0.39 is 11.9 Å². The van der Waals surface area contributed by atoms with Gasteiger partial charge in [0.15, 0.2) is 0 Å². The van der Waals surface area contributed by atoms with Crippen LogP contribution < -0.4 is 10.2 Å². The summed E-state index contributed by atoms with van der Waals surface area (Å²) in [7, 11) is 0. The van der Waals surface area contributed by atoms with E-state index in [1.165, 1.54) is 12.1 Å². The molecule has 0 radical (unpaired) electrons. The van der Waals surface area contributed by atoms with E-state index in [0.29, 0.717) is 0 Å². The molecule has 0 fully saturated rings. The van der Waals surface area contributed by atoms with Crippen LogP contribution in [0.5, 0.6) is 0 Å². The van der Waals surface area contributed by atoms with Crippen molar-refractivity contribution < 1.29 is 39.3 Å². The molecule has 0 spiro atoms. The van der Waals surface area contributed by atoms with E-state index in [1.807, 2.05) is 0 Å². The van der Waals surface area contributed by atoms with Gasteiger partial charge in [-0.15, -0.1) is 0 Å². The smallest absolute Gasteiger partial charge is 0.545 e. The Balaban J connectivity index is -0.000000355. The van der Waals surface area contributed by atoms with Gasteiger partial charge in [0.2, 0.25) is 0 Å². The Labute approximate surface area is 114 Å². The fourth-order valence-corrected chi connectivity index (χ4v) is 0.839. The maximum absolute atomic E-state index is 10.3. The van der Waals surface area contributed by atoms with Crippen molar-refractivity contribution in [2.24, 2.45) is 0 Å². The fourth-order valence-electron chi connectivity index (χ4n) is 0.839. The first-order valence-corrected chi connectivity index (χ1v) is 4.56. The van der Waals surface area contributed by atoms with Crippen LogP contribution in [0.2, 0.25) is 0 Å².